The smallest absolute Gasteiger partial charge is 0.236 e. The molecule has 1 aromatic heterocycles. The fourth-order valence-electron chi connectivity index (χ4n) is 1.51. The van der Waals surface area contributed by atoms with Crippen LogP contribution in [0.15, 0.2) is 30.3 Å². The van der Waals surface area contributed by atoms with E-state index in [1.807, 2.05) is 44.2 Å². The predicted molar refractivity (Wildman–Crippen MR) is 73.9 cm³/mol. The number of ether oxygens (including phenoxy) is 2. The molecule has 100 valence electrons. The van der Waals surface area contributed by atoms with Gasteiger partial charge in [0.1, 0.15) is 19.0 Å². The first-order chi connectivity index (χ1) is 9.18. The number of aromatic nitrogens is 2. The molecule has 0 unspecified atom stereocenters. The molecule has 0 atom stereocenters. The first kappa shape index (κ1) is 13.6. The molecule has 2 rings (SSSR count). The predicted octanol–water partition coefficient (Wildman–Crippen LogP) is 3.20. The highest BCUT2D eigenvalue weighted by Crippen LogP contribution is 2.22. The first-order valence-electron chi connectivity index (χ1n) is 5.98. The van der Waals surface area contributed by atoms with Gasteiger partial charge in [-0.15, -0.1) is 10.2 Å². The molecule has 0 saturated heterocycles. The summed E-state index contributed by atoms with van der Waals surface area (Å²) in [5.41, 5.74) is 1.79. The maximum Gasteiger partial charge on any atom is 0.236 e. The first-order valence-corrected chi connectivity index (χ1v) is 6.36. The van der Waals surface area contributed by atoms with Gasteiger partial charge in [0.15, 0.2) is 5.15 Å². The monoisotopic (exact) mass is 278 g/mol. The number of benzene rings is 1. The van der Waals surface area contributed by atoms with Crippen LogP contribution < -0.4 is 9.47 Å². The lowest BCUT2D eigenvalue weighted by Crippen LogP contribution is -2.11. The minimum absolute atomic E-state index is 0.408. The van der Waals surface area contributed by atoms with E-state index in [-0.39, 0.29) is 0 Å². The molecule has 0 aliphatic heterocycles. The Morgan fingerprint density at radius 1 is 0.947 bits per heavy atom. The van der Waals surface area contributed by atoms with Gasteiger partial charge in [0.2, 0.25) is 5.88 Å². The summed E-state index contributed by atoms with van der Waals surface area (Å²) in [7, 11) is 0. The number of rotatable bonds is 5. The minimum atomic E-state index is 0.408. The number of hydrogen-bond donors (Lipinski definition) is 0. The third-order valence-electron chi connectivity index (χ3n) is 2.76. The van der Waals surface area contributed by atoms with E-state index in [2.05, 4.69) is 10.2 Å². The van der Waals surface area contributed by atoms with Crippen LogP contribution in [0.1, 0.15) is 11.1 Å². The van der Waals surface area contributed by atoms with Crippen LogP contribution in [0.5, 0.6) is 11.6 Å². The summed E-state index contributed by atoms with van der Waals surface area (Å²) >= 11 is 5.87. The molecule has 0 saturated carbocycles. The van der Waals surface area contributed by atoms with Crippen molar-refractivity contribution in [2.45, 2.75) is 13.8 Å². The lowest BCUT2D eigenvalue weighted by molar-refractivity contribution is 0.209. The van der Waals surface area contributed by atoms with E-state index in [1.165, 1.54) is 0 Å². The highest BCUT2D eigenvalue weighted by molar-refractivity contribution is 6.30. The zero-order valence-corrected chi connectivity index (χ0v) is 11.6. The Hall–Kier alpha value is -1.81. The van der Waals surface area contributed by atoms with E-state index < -0.39 is 0 Å². The lowest BCUT2D eigenvalue weighted by atomic mass is 10.2. The average molecular weight is 279 g/mol. The number of hydrogen-bond acceptors (Lipinski definition) is 4. The van der Waals surface area contributed by atoms with Crippen LogP contribution in [0.4, 0.5) is 0 Å². The van der Waals surface area contributed by atoms with Crippen molar-refractivity contribution < 1.29 is 9.47 Å². The van der Waals surface area contributed by atoms with E-state index in [0.717, 1.165) is 16.9 Å². The summed E-state index contributed by atoms with van der Waals surface area (Å²) < 4.78 is 11.1. The fraction of sp³-hybridized carbons (Fsp3) is 0.286. The van der Waals surface area contributed by atoms with Crippen molar-refractivity contribution in [2.75, 3.05) is 13.2 Å². The molecule has 0 aliphatic rings. The van der Waals surface area contributed by atoms with Gasteiger partial charge in [-0.1, -0.05) is 29.8 Å². The Morgan fingerprint density at radius 2 is 1.63 bits per heavy atom. The van der Waals surface area contributed by atoms with Crippen LogP contribution in [0, 0.1) is 13.8 Å². The second-order valence-corrected chi connectivity index (χ2v) is 4.41. The van der Waals surface area contributed by atoms with Crippen LogP contribution >= 0.6 is 11.6 Å². The van der Waals surface area contributed by atoms with E-state index in [9.17, 15) is 0 Å². The van der Waals surface area contributed by atoms with Crippen molar-refractivity contribution >= 4 is 11.6 Å². The molecular weight excluding hydrogens is 264 g/mol. The Morgan fingerprint density at radius 3 is 2.37 bits per heavy atom. The highest BCUT2D eigenvalue weighted by atomic mass is 35.5. The van der Waals surface area contributed by atoms with Gasteiger partial charge < -0.3 is 9.47 Å². The maximum absolute atomic E-state index is 5.87. The Labute approximate surface area is 117 Å². The number of nitrogens with zero attached hydrogens (tertiary/aromatic N) is 2. The van der Waals surface area contributed by atoms with Crippen molar-refractivity contribution in [2.24, 2.45) is 0 Å². The van der Waals surface area contributed by atoms with Gasteiger partial charge in [-0.05, 0) is 31.5 Å². The van der Waals surface area contributed by atoms with Crippen LogP contribution in [0.2, 0.25) is 5.15 Å². The van der Waals surface area contributed by atoms with E-state index in [4.69, 9.17) is 21.1 Å². The van der Waals surface area contributed by atoms with Crippen molar-refractivity contribution in [3.8, 4) is 11.6 Å². The third-order valence-corrected chi connectivity index (χ3v) is 3.11. The minimum Gasteiger partial charge on any atom is -0.490 e. The van der Waals surface area contributed by atoms with Gasteiger partial charge in [0.05, 0.1) is 0 Å². The zero-order valence-electron chi connectivity index (χ0n) is 10.9. The molecule has 4 nitrogen and oxygen atoms in total. The molecule has 0 aliphatic carbocycles. The SMILES string of the molecule is Cc1c(Cl)nnc(OCCOc2ccccc2)c1C. The van der Waals surface area contributed by atoms with Crippen LogP contribution in [0.3, 0.4) is 0 Å². The second-order valence-electron chi connectivity index (χ2n) is 4.06. The highest BCUT2D eigenvalue weighted by Gasteiger charge is 2.08. The van der Waals surface area contributed by atoms with Gasteiger partial charge >= 0.3 is 0 Å². The van der Waals surface area contributed by atoms with E-state index in [1.54, 1.807) is 0 Å². The molecule has 0 radical (unpaired) electrons. The van der Waals surface area contributed by atoms with Crippen LogP contribution in [-0.4, -0.2) is 23.4 Å². The standard InChI is InChI=1S/C14H15ClN2O2/c1-10-11(2)14(17-16-13(10)15)19-9-8-18-12-6-4-3-5-7-12/h3-7H,8-9H2,1-2H3. The molecule has 1 aromatic carbocycles. The number of para-hydroxylation sites is 1. The quantitative estimate of drug-likeness (QED) is 0.788. The molecule has 0 spiro atoms. The molecule has 0 fully saturated rings. The van der Waals surface area contributed by atoms with E-state index >= 15 is 0 Å². The molecule has 19 heavy (non-hydrogen) atoms. The molecule has 0 amide bonds. The van der Waals surface area contributed by atoms with Gasteiger partial charge in [-0.2, -0.15) is 0 Å². The number of halogens is 1. The summed E-state index contributed by atoms with van der Waals surface area (Å²) in [4.78, 5) is 0. The van der Waals surface area contributed by atoms with E-state index in [0.29, 0.717) is 24.2 Å². The normalized spacial score (nSPS) is 10.3. The van der Waals surface area contributed by atoms with Crippen molar-refractivity contribution in [3.05, 3.63) is 46.6 Å². The zero-order chi connectivity index (χ0) is 13.7. The average Bonchev–Trinajstić information content (AvgIpc) is 2.44. The summed E-state index contributed by atoms with van der Waals surface area (Å²) in [6.45, 7) is 4.65. The van der Waals surface area contributed by atoms with Crippen molar-refractivity contribution in [3.63, 3.8) is 0 Å². The topological polar surface area (TPSA) is 44.2 Å². The van der Waals surface area contributed by atoms with Gasteiger partial charge in [0, 0.05) is 5.56 Å². The summed E-state index contributed by atoms with van der Waals surface area (Å²) in [6, 6.07) is 9.59. The lowest BCUT2D eigenvalue weighted by Gasteiger charge is -2.10. The second kappa shape index (κ2) is 6.38. The maximum atomic E-state index is 5.87. The molecular formula is C14H15ClN2O2. The molecule has 5 heteroatoms. The Balaban J connectivity index is 1.85. The molecule has 1 heterocycles. The molecule has 0 N–H and O–H groups in total. The summed E-state index contributed by atoms with van der Waals surface area (Å²) in [5.74, 6) is 1.32. The van der Waals surface area contributed by atoms with Crippen LogP contribution in [0.25, 0.3) is 0 Å². The van der Waals surface area contributed by atoms with Crippen molar-refractivity contribution in [1.29, 1.82) is 0 Å². The Kier molecular flexibility index (Phi) is 4.58. The van der Waals surface area contributed by atoms with Gasteiger partial charge in [0.25, 0.3) is 0 Å². The molecule has 2 aromatic rings. The summed E-state index contributed by atoms with van der Waals surface area (Å²) in [6.07, 6.45) is 0. The molecule has 0 bridgehead atoms. The largest absolute Gasteiger partial charge is 0.490 e. The van der Waals surface area contributed by atoms with Crippen molar-refractivity contribution in [1.82, 2.24) is 10.2 Å². The van der Waals surface area contributed by atoms with Crippen LogP contribution in [-0.2, 0) is 0 Å². The Bertz CT molecular complexity index is 547. The summed E-state index contributed by atoms with van der Waals surface area (Å²) in [5, 5.41) is 8.16. The third kappa shape index (κ3) is 3.58. The van der Waals surface area contributed by atoms with Gasteiger partial charge in [-0.3, -0.25) is 0 Å². The van der Waals surface area contributed by atoms with Gasteiger partial charge in [-0.25, -0.2) is 0 Å². The fourth-order valence-corrected chi connectivity index (χ4v) is 1.69.